The lowest BCUT2D eigenvalue weighted by atomic mass is 9.80. The first-order valence-corrected chi connectivity index (χ1v) is 10.4. The number of rotatable bonds is 9. The Labute approximate surface area is 176 Å². The Hall–Kier alpha value is -1.55. The van der Waals surface area contributed by atoms with Crippen LogP contribution >= 0.6 is 12.4 Å². The van der Waals surface area contributed by atoms with Gasteiger partial charge in [0.15, 0.2) is 0 Å². The van der Waals surface area contributed by atoms with Gasteiger partial charge in [-0.15, -0.1) is 12.4 Å². The molecule has 0 radical (unpaired) electrons. The predicted molar refractivity (Wildman–Crippen MR) is 121 cm³/mol. The summed E-state index contributed by atoms with van der Waals surface area (Å²) < 4.78 is 5.25. The maximum atomic E-state index is 5.25. The van der Waals surface area contributed by atoms with E-state index in [0.717, 1.165) is 18.8 Å². The van der Waals surface area contributed by atoms with Crippen LogP contribution in [0.1, 0.15) is 43.2 Å². The lowest BCUT2D eigenvalue weighted by Crippen LogP contribution is -2.43. The molecule has 0 aliphatic carbocycles. The smallest absolute Gasteiger partial charge is 0.118 e. The third kappa shape index (κ3) is 6.51. The van der Waals surface area contributed by atoms with E-state index in [1.807, 2.05) is 12.1 Å². The molecule has 0 bridgehead atoms. The highest BCUT2D eigenvalue weighted by atomic mass is 35.5. The standard InChI is InChI=1S/C24H34N2O.ClH/c1-3-4-15-26-16-14-24(21-8-6-5-7-9-21)22(19-26)18-25-17-20-10-12-23(27-2)13-11-20;/h5-13,22,24-25H,3-4,14-19H2,1-2H3;1H. The average molecular weight is 403 g/mol. The van der Waals surface area contributed by atoms with E-state index >= 15 is 0 Å². The molecule has 28 heavy (non-hydrogen) atoms. The third-order valence-electron chi connectivity index (χ3n) is 5.77. The van der Waals surface area contributed by atoms with Crippen molar-refractivity contribution in [1.82, 2.24) is 10.2 Å². The average Bonchev–Trinajstić information content (AvgIpc) is 2.73. The summed E-state index contributed by atoms with van der Waals surface area (Å²) in [6.07, 6.45) is 3.85. The van der Waals surface area contributed by atoms with E-state index in [4.69, 9.17) is 4.74 Å². The van der Waals surface area contributed by atoms with Crippen LogP contribution in [0.4, 0.5) is 0 Å². The second kappa shape index (κ2) is 12.1. The van der Waals surface area contributed by atoms with Crippen molar-refractivity contribution in [3.05, 3.63) is 65.7 Å². The zero-order chi connectivity index (χ0) is 18.9. The molecule has 3 nitrogen and oxygen atoms in total. The van der Waals surface area contributed by atoms with Gasteiger partial charge in [0.05, 0.1) is 7.11 Å². The molecular formula is C24H35ClN2O. The van der Waals surface area contributed by atoms with Crippen LogP contribution in [-0.4, -0.2) is 38.2 Å². The highest BCUT2D eigenvalue weighted by molar-refractivity contribution is 5.85. The number of nitrogens with zero attached hydrogens (tertiary/aromatic N) is 1. The molecule has 1 aliphatic heterocycles. The van der Waals surface area contributed by atoms with Crippen molar-refractivity contribution in [2.24, 2.45) is 5.92 Å². The highest BCUT2D eigenvalue weighted by Crippen LogP contribution is 2.32. The van der Waals surface area contributed by atoms with Crippen LogP contribution in [0.3, 0.4) is 0 Å². The summed E-state index contributed by atoms with van der Waals surface area (Å²) in [5, 5.41) is 3.72. The van der Waals surface area contributed by atoms with Crippen molar-refractivity contribution >= 4 is 12.4 Å². The normalized spacial score (nSPS) is 19.8. The molecule has 2 aromatic carbocycles. The Kier molecular flexibility index (Phi) is 9.83. The summed E-state index contributed by atoms with van der Waals surface area (Å²) in [6.45, 7) is 7.94. The fourth-order valence-electron chi connectivity index (χ4n) is 4.18. The SMILES string of the molecule is CCCCN1CCC(c2ccccc2)C(CNCc2ccc(OC)cc2)C1.Cl. The van der Waals surface area contributed by atoms with Crippen molar-refractivity contribution in [1.29, 1.82) is 0 Å². The van der Waals surface area contributed by atoms with Crippen LogP contribution < -0.4 is 10.1 Å². The number of hydrogen-bond donors (Lipinski definition) is 1. The minimum absolute atomic E-state index is 0. The van der Waals surface area contributed by atoms with Crippen LogP contribution in [0.25, 0.3) is 0 Å². The topological polar surface area (TPSA) is 24.5 Å². The fraction of sp³-hybridized carbons (Fsp3) is 0.500. The van der Waals surface area contributed by atoms with E-state index in [-0.39, 0.29) is 12.4 Å². The molecule has 1 fully saturated rings. The molecule has 0 spiro atoms. The van der Waals surface area contributed by atoms with E-state index in [1.54, 1.807) is 7.11 Å². The first-order valence-electron chi connectivity index (χ1n) is 10.4. The highest BCUT2D eigenvalue weighted by Gasteiger charge is 2.29. The van der Waals surface area contributed by atoms with Gasteiger partial charge in [0, 0.05) is 19.6 Å². The van der Waals surface area contributed by atoms with Crippen molar-refractivity contribution in [2.75, 3.05) is 33.3 Å². The molecule has 2 unspecified atom stereocenters. The number of unbranched alkanes of at least 4 members (excludes halogenated alkanes) is 1. The van der Waals surface area contributed by atoms with E-state index in [9.17, 15) is 0 Å². The Morgan fingerprint density at radius 2 is 1.82 bits per heavy atom. The van der Waals surface area contributed by atoms with Gasteiger partial charge in [0.2, 0.25) is 0 Å². The largest absolute Gasteiger partial charge is 0.497 e. The number of benzene rings is 2. The van der Waals surface area contributed by atoms with E-state index < -0.39 is 0 Å². The molecule has 154 valence electrons. The zero-order valence-electron chi connectivity index (χ0n) is 17.3. The first kappa shape index (κ1) is 22.7. The number of ether oxygens (including phenoxy) is 1. The van der Waals surface area contributed by atoms with Crippen molar-refractivity contribution in [2.45, 2.75) is 38.6 Å². The summed E-state index contributed by atoms with van der Waals surface area (Å²) in [5.41, 5.74) is 2.81. The molecule has 1 N–H and O–H groups in total. The predicted octanol–water partition coefficient (Wildman–Crippen LogP) is 5.11. The van der Waals surface area contributed by atoms with E-state index in [1.165, 1.54) is 50.0 Å². The fourth-order valence-corrected chi connectivity index (χ4v) is 4.18. The summed E-state index contributed by atoms with van der Waals surface area (Å²) in [7, 11) is 1.71. The van der Waals surface area contributed by atoms with Crippen molar-refractivity contribution < 1.29 is 4.74 Å². The van der Waals surface area contributed by atoms with Crippen LogP contribution in [0.5, 0.6) is 5.75 Å². The number of hydrogen-bond acceptors (Lipinski definition) is 3. The van der Waals surface area contributed by atoms with Crippen LogP contribution in [-0.2, 0) is 6.54 Å². The number of halogens is 1. The number of nitrogens with one attached hydrogen (secondary N) is 1. The molecule has 2 aromatic rings. The summed E-state index contributed by atoms with van der Waals surface area (Å²) in [6, 6.07) is 19.5. The molecule has 0 amide bonds. The summed E-state index contributed by atoms with van der Waals surface area (Å²) in [4.78, 5) is 2.67. The van der Waals surface area contributed by atoms with Gasteiger partial charge in [0.1, 0.15) is 5.75 Å². The third-order valence-corrected chi connectivity index (χ3v) is 5.77. The van der Waals surface area contributed by atoms with E-state index in [0.29, 0.717) is 11.8 Å². The first-order chi connectivity index (χ1) is 13.3. The molecule has 1 aliphatic rings. The van der Waals surface area contributed by atoms with Gasteiger partial charge in [-0.1, -0.05) is 55.8 Å². The quantitative estimate of drug-likeness (QED) is 0.630. The Balaban J connectivity index is 0.00000280. The summed E-state index contributed by atoms with van der Waals surface area (Å²) >= 11 is 0. The van der Waals surface area contributed by atoms with Gasteiger partial charge >= 0.3 is 0 Å². The number of methoxy groups -OCH3 is 1. The Morgan fingerprint density at radius 3 is 2.50 bits per heavy atom. The van der Waals surface area contributed by atoms with Gasteiger partial charge < -0.3 is 15.0 Å². The van der Waals surface area contributed by atoms with Crippen LogP contribution in [0.15, 0.2) is 54.6 Å². The number of piperidine rings is 1. The van der Waals surface area contributed by atoms with Gasteiger partial charge in [-0.25, -0.2) is 0 Å². The van der Waals surface area contributed by atoms with Gasteiger partial charge in [-0.05, 0) is 61.0 Å². The molecule has 0 aromatic heterocycles. The Morgan fingerprint density at radius 1 is 1.07 bits per heavy atom. The number of likely N-dealkylation sites (tertiary alicyclic amines) is 1. The molecule has 0 saturated carbocycles. The minimum atomic E-state index is 0. The summed E-state index contributed by atoms with van der Waals surface area (Å²) in [5.74, 6) is 2.24. The van der Waals surface area contributed by atoms with Crippen molar-refractivity contribution in [3.8, 4) is 5.75 Å². The molecule has 3 rings (SSSR count). The Bertz CT molecular complexity index is 662. The lowest BCUT2D eigenvalue weighted by molar-refractivity contribution is 0.149. The van der Waals surface area contributed by atoms with Crippen molar-refractivity contribution in [3.63, 3.8) is 0 Å². The molecular weight excluding hydrogens is 368 g/mol. The van der Waals surface area contributed by atoms with Gasteiger partial charge in [0.25, 0.3) is 0 Å². The lowest BCUT2D eigenvalue weighted by Gasteiger charge is -2.39. The van der Waals surface area contributed by atoms with Crippen LogP contribution in [0, 0.1) is 5.92 Å². The van der Waals surface area contributed by atoms with Crippen LogP contribution in [0.2, 0.25) is 0 Å². The molecule has 2 atom stereocenters. The maximum absolute atomic E-state index is 5.25. The zero-order valence-corrected chi connectivity index (χ0v) is 18.1. The van der Waals surface area contributed by atoms with Gasteiger partial charge in [-0.3, -0.25) is 0 Å². The minimum Gasteiger partial charge on any atom is -0.497 e. The molecule has 1 heterocycles. The van der Waals surface area contributed by atoms with E-state index in [2.05, 4.69) is 59.6 Å². The monoisotopic (exact) mass is 402 g/mol. The van der Waals surface area contributed by atoms with Gasteiger partial charge in [-0.2, -0.15) is 0 Å². The second-order valence-corrected chi connectivity index (χ2v) is 7.70. The second-order valence-electron chi connectivity index (χ2n) is 7.70. The molecule has 4 heteroatoms. The maximum Gasteiger partial charge on any atom is 0.118 e. The molecule has 1 saturated heterocycles.